The number of rotatable bonds is 5. The van der Waals surface area contributed by atoms with Gasteiger partial charge in [-0.2, -0.15) is 0 Å². The molecule has 6 heteroatoms. The lowest BCUT2D eigenvalue weighted by Gasteiger charge is -2.13. The molecule has 0 spiro atoms. The fourth-order valence-electron chi connectivity index (χ4n) is 2.03. The van der Waals surface area contributed by atoms with Crippen LogP contribution in [0.15, 0.2) is 23.1 Å². The summed E-state index contributed by atoms with van der Waals surface area (Å²) in [6, 6.07) is 4.44. The molecule has 1 aliphatic carbocycles. The number of carbonyl (C=O) groups excluding carboxylic acids is 1. The van der Waals surface area contributed by atoms with Crippen LogP contribution in [0.25, 0.3) is 0 Å². The highest BCUT2D eigenvalue weighted by atomic mass is 32.2. The van der Waals surface area contributed by atoms with Gasteiger partial charge in [0.2, 0.25) is 10.0 Å². The maximum atomic E-state index is 12.2. The molecule has 1 aliphatic rings. The zero-order chi connectivity index (χ0) is 15.0. The van der Waals surface area contributed by atoms with Crippen LogP contribution in [0.4, 0.5) is 0 Å². The molecule has 0 atom stereocenters. The highest BCUT2D eigenvalue weighted by Gasteiger charge is 2.37. The van der Waals surface area contributed by atoms with Crippen molar-refractivity contribution in [2.24, 2.45) is 10.6 Å². The largest absolute Gasteiger partial charge is 0.351 e. The van der Waals surface area contributed by atoms with Gasteiger partial charge in [-0.25, -0.2) is 13.6 Å². The molecular formula is C14H20N2O3S. The van der Waals surface area contributed by atoms with Gasteiger partial charge in [-0.1, -0.05) is 19.9 Å². The quantitative estimate of drug-likeness (QED) is 0.861. The van der Waals surface area contributed by atoms with Gasteiger partial charge in [-0.3, -0.25) is 4.79 Å². The number of sulfonamides is 1. The lowest BCUT2D eigenvalue weighted by molar-refractivity contribution is 0.0945. The molecule has 0 saturated heterocycles. The number of hydrogen-bond acceptors (Lipinski definition) is 3. The summed E-state index contributed by atoms with van der Waals surface area (Å²) in [5.74, 6) is -0.236. The Balaban J connectivity index is 2.25. The van der Waals surface area contributed by atoms with E-state index in [2.05, 4.69) is 12.2 Å². The summed E-state index contributed by atoms with van der Waals surface area (Å²) < 4.78 is 22.8. The number of nitrogens with one attached hydrogen (secondary N) is 1. The van der Waals surface area contributed by atoms with Gasteiger partial charge in [0, 0.05) is 12.1 Å². The van der Waals surface area contributed by atoms with Crippen molar-refractivity contribution in [3.05, 3.63) is 29.3 Å². The maximum Gasteiger partial charge on any atom is 0.251 e. The van der Waals surface area contributed by atoms with Crippen molar-refractivity contribution < 1.29 is 13.2 Å². The minimum Gasteiger partial charge on any atom is -0.351 e. The summed E-state index contributed by atoms with van der Waals surface area (Å²) in [5.41, 5.74) is 1.42. The van der Waals surface area contributed by atoms with Crippen LogP contribution < -0.4 is 10.5 Å². The first-order valence-corrected chi connectivity index (χ1v) is 8.24. The van der Waals surface area contributed by atoms with E-state index in [9.17, 15) is 13.2 Å². The summed E-state index contributed by atoms with van der Waals surface area (Å²) in [7, 11) is -3.79. The van der Waals surface area contributed by atoms with Gasteiger partial charge in [0.25, 0.3) is 5.91 Å². The summed E-state index contributed by atoms with van der Waals surface area (Å²) in [5, 5.41) is 7.99. The molecule has 0 bridgehead atoms. The van der Waals surface area contributed by atoms with E-state index in [0.717, 1.165) is 18.4 Å². The SMILES string of the molecule is CCc1ccc(S(N)(=O)=O)cc1C(=O)NCC1(C)CC1. The molecule has 0 aromatic heterocycles. The first-order chi connectivity index (χ1) is 9.25. The third kappa shape index (κ3) is 3.37. The summed E-state index contributed by atoms with van der Waals surface area (Å²) in [4.78, 5) is 12.2. The van der Waals surface area contributed by atoms with Crippen LogP contribution in [0.2, 0.25) is 0 Å². The van der Waals surface area contributed by atoms with Crippen LogP contribution in [0.3, 0.4) is 0 Å². The molecule has 1 saturated carbocycles. The second-order valence-corrected chi connectivity index (χ2v) is 7.27. The Hall–Kier alpha value is -1.40. The fourth-order valence-corrected chi connectivity index (χ4v) is 2.57. The highest BCUT2D eigenvalue weighted by Crippen LogP contribution is 2.44. The topological polar surface area (TPSA) is 89.3 Å². The molecule has 3 N–H and O–H groups in total. The Bertz CT molecular complexity index is 634. The second kappa shape index (κ2) is 5.18. The first-order valence-electron chi connectivity index (χ1n) is 6.69. The molecule has 20 heavy (non-hydrogen) atoms. The van der Waals surface area contributed by atoms with Crippen LogP contribution in [-0.2, 0) is 16.4 Å². The van der Waals surface area contributed by atoms with Crippen LogP contribution >= 0.6 is 0 Å². The maximum absolute atomic E-state index is 12.2. The number of hydrogen-bond donors (Lipinski definition) is 2. The predicted molar refractivity (Wildman–Crippen MR) is 76.9 cm³/mol. The molecule has 1 amide bonds. The van der Waals surface area contributed by atoms with Crippen molar-refractivity contribution in [3.63, 3.8) is 0 Å². The van der Waals surface area contributed by atoms with Gasteiger partial charge in [-0.15, -0.1) is 0 Å². The van der Waals surface area contributed by atoms with E-state index < -0.39 is 10.0 Å². The van der Waals surface area contributed by atoms with Crippen molar-refractivity contribution in [3.8, 4) is 0 Å². The van der Waals surface area contributed by atoms with Gasteiger partial charge >= 0.3 is 0 Å². The van der Waals surface area contributed by atoms with Crippen LogP contribution in [0, 0.1) is 5.41 Å². The second-order valence-electron chi connectivity index (χ2n) is 5.71. The molecule has 110 valence electrons. The molecule has 2 rings (SSSR count). The molecule has 0 heterocycles. The number of carbonyl (C=O) groups is 1. The zero-order valence-corrected chi connectivity index (χ0v) is 12.6. The third-order valence-corrected chi connectivity index (χ3v) is 4.73. The van der Waals surface area contributed by atoms with Gasteiger partial charge in [0.15, 0.2) is 0 Å². The Morgan fingerprint density at radius 1 is 1.40 bits per heavy atom. The normalized spacial score (nSPS) is 16.8. The number of benzene rings is 1. The smallest absolute Gasteiger partial charge is 0.251 e. The summed E-state index contributed by atoms with van der Waals surface area (Å²) >= 11 is 0. The molecule has 0 unspecified atom stereocenters. The van der Waals surface area contributed by atoms with Crippen molar-refractivity contribution in [1.29, 1.82) is 0 Å². The molecule has 0 aliphatic heterocycles. The van der Waals surface area contributed by atoms with E-state index in [0.29, 0.717) is 18.5 Å². The number of primary sulfonamides is 1. The van der Waals surface area contributed by atoms with Crippen LogP contribution in [-0.4, -0.2) is 20.9 Å². The summed E-state index contributed by atoms with van der Waals surface area (Å²) in [6.07, 6.45) is 2.89. The minimum absolute atomic E-state index is 0.0301. The summed E-state index contributed by atoms with van der Waals surface area (Å²) in [6.45, 7) is 4.66. The van der Waals surface area contributed by atoms with Crippen LogP contribution in [0.5, 0.6) is 0 Å². The first kappa shape index (κ1) is 15.0. The van der Waals surface area contributed by atoms with Gasteiger partial charge in [0.1, 0.15) is 0 Å². The Kier molecular flexibility index (Phi) is 3.88. The van der Waals surface area contributed by atoms with E-state index in [4.69, 9.17) is 5.14 Å². The van der Waals surface area contributed by atoms with Gasteiger partial charge < -0.3 is 5.32 Å². The monoisotopic (exact) mass is 296 g/mol. The third-order valence-electron chi connectivity index (χ3n) is 3.81. The van der Waals surface area contributed by atoms with E-state index in [1.807, 2.05) is 6.92 Å². The lowest BCUT2D eigenvalue weighted by atomic mass is 10.0. The zero-order valence-electron chi connectivity index (χ0n) is 11.8. The number of nitrogens with two attached hydrogens (primary N) is 1. The fraction of sp³-hybridized carbons (Fsp3) is 0.500. The van der Waals surface area contributed by atoms with E-state index in [-0.39, 0.29) is 16.2 Å². The average Bonchev–Trinajstić information content (AvgIpc) is 3.12. The highest BCUT2D eigenvalue weighted by molar-refractivity contribution is 7.89. The van der Waals surface area contributed by atoms with E-state index >= 15 is 0 Å². The number of amides is 1. The molecule has 1 fully saturated rings. The number of aryl methyl sites for hydroxylation is 1. The van der Waals surface area contributed by atoms with E-state index in [1.54, 1.807) is 6.07 Å². The molecule has 1 aromatic rings. The van der Waals surface area contributed by atoms with Crippen molar-refractivity contribution in [1.82, 2.24) is 5.32 Å². The molecule has 5 nitrogen and oxygen atoms in total. The van der Waals surface area contributed by atoms with Crippen molar-refractivity contribution in [2.45, 2.75) is 38.0 Å². The van der Waals surface area contributed by atoms with Gasteiger partial charge in [-0.05, 0) is 42.4 Å². The molecule has 0 radical (unpaired) electrons. The molecule has 1 aromatic carbocycles. The predicted octanol–water partition coefficient (Wildman–Crippen LogP) is 1.43. The Morgan fingerprint density at radius 3 is 2.55 bits per heavy atom. The van der Waals surface area contributed by atoms with Gasteiger partial charge in [0.05, 0.1) is 4.90 Å². The van der Waals surface area contributed by atoms with Crippen molar-refractivity contribution in [2.75, 3.05) is 6.54 Å². The lowest BCUT2D eigenvalue weighted by Crippen LogP contribution is -2.30. The standard InChI is InChI=1S/C14H20N2O3S/c1-3-10-4-5-11(20(15,18)19)8-12(10)13(17)16-9-14(2)6-7-14/h4-5,8H,3,6-7,9H2,1-2H3,(H,16,17)(H2,15,18,19). The van der Waals surface area contributed by atoms with E-state index in [1.165, 1.54) is 12.1 Å². The average molecular weight is 296 g/mol. The Labute approximate surface area is 119 Å². The minimum atomic E-state index is -3.79. The molecular weight excluding hydrogens is 276 g/mol. The van der Waals surface area contributed by atoms with Crippen LogP contribution in [0.1, 0.15) is 42.6 Å². The Morgan fingerprint density at radius 2 is 2.05 bits per heavy atom. The van der Waals surface area contributed by atoms with Crippen molar-refractivity contribution >= 4 is 15.9 Å².